The monoisotopic (exact) mass is 605 g/mol. The summed E-state index contributed by atoms with van der Waals surface area (Å²) in [5.74, 6) is 1.66. The molecule has 4 heterocycles. The number of hydrogen-bond donors (Lipinski definition) is 4. The van der Waals surface area contributed by atoms with Gasteiger partial charge in [-0.05, 0) is 91.6 Å². The van der Waals surface area contributed by atoms with E-state index in [9.17, 15) is 9.59 Å². The lowest BCUT2D eigenvalue weighted by molar-refractivity contribution is -0.134. The summed E-state index contributed by atoms with van der Waals surface area (Å²) < 4.78 is 4.65. The van der Waals surface area contributed by atoms with E-state index in [1.165, 1.54) is 35.6 Å². The fourth-order valence-corrected chi connectivity index (χ4v) is 6.82. The number of likely N-dealkylation sites (tertiary alicyclic amines) is 1. The predicted molar refractivity (Wildman–Crippen MR) is 174 cm³/mol. The van der Waals surface area contributed by atoms with Crippen molar-refractivity contribution in [2.45, 2.75) is 63.6 Å². The molecule has 10 heteroatoms. The van der Waals surface area contributed by atoms with Crippen LogP contribution in [0.2, 0.25) is 0 Å². The van der Waals surface area contributed by atoms with Crippen molar-refractivity contribution in [1.29, 1.82) is 0 Å². The highest BCUT2D eigenvalue weighted by atomic mass is 16.5. The lowest BCUT2D eigenvalue weighted by atomic mass is 9.91. The highest BCUT2D eigenvalue weighted by Crippen LogP contribution is 2.35. The van der Waals surface area contributed by atoms with Crippen LogP contribution in [0.25, 0.3) is 33.2 Å². The van der Waals surface area contributed by atoms with Gasteiger partial charge in [0.25, 0.3) is 0 Å². The van der Waals surface area contributed by atoms with Gasteiger partial charge >= 0.3 is 6.09 Å². The van der Waals surface area contributed by atoms with Crippen LogP contribution < -0.4 is 10.6 Å². The highest BCUT2D eigenvalue weighted by molar-refractivity contribution is 5.90. The number of nitrogens with one attached hydrogen (secondary N) is 4. The van der Waals surface area contributed by atoms with Crippen LogP contribution in [-0.2, 0) is 9.53 Å². The van der Waals surface area contributed by atoms with Gasteiger partial charge in [0.05, 0.1) is 43.0 Å². The number of benzene rings is 2. The number of alkyl carbamates (subject to hydrolysis) is 1. The molecule has 3 atom stereocenters. The Morgan fingerprint density at radius 2 is 1.62 bits per heavy atom. The van der Waals surface area contributed by atoms with Gasteiger partial charge < -0.3 is 30.2 Å². The summed E-state index contributed by atoms with van der Waals surface area (Å²) in [5.41, 5.74) is 6.97. The molecular formula is C35H39N7O3. The summed E-state index contributed by atoms with van der Waals surface area (Å²) in [7, 11) is 1.29. The van der Waals surface area contributed by atoms with E-state index in [0.29, 0.717) is 12.6 Å². The topological polar surface area (TPSA) is 128 Å². The Labute approximate surface area is 262 Å². The Kier molecular flexibility index (Phi) is 7.97. The van der Waals surface area contributed by atoms with Crippen molar-refractivity contribution < 1.29 is 14.3 Å². The van der Waals surface area contributed by atoms with Crippen molar-refractivity contribution in [2.75, 3.05) is 20.2 Å². The number of ether oxygens (including phenoxy) is 1. The number of aromatic amines is 2. The first-order valence-electron chi connectivity index (χ1n) is 15.9. The molecule has 2 aromatic carbocycles. The zero-order valence-electron chi connectivity index (χ0n) is 25.7. The fraction of sp³-hybridized carbons (Fsp3) is 0.371. The number of carbonyl (C=O) groups excluding carboxylic acids is 2. The first kappa shape index (κ1) is 29.0. The Bertz CT molecular complexity index is 1800. The normalized spacial score (nSPS) is 20.6. The van der Waals surface area contributed by atoms with E-state index in [0.717, 1.165) is 72.6 Å². The minimum absolute atomic E-state index is 0.144. The third-order valence-corrected chi connectivity index (χ3v) is 9.34. The summed E-state index contributed by atoms with van der Waals surface area (Å²) in [6, 6.07) is 12.6. The molecule has 2 amide bonds. The van der Waals surface area contributed by atoms with Gasteiger partial charge in [-0.3, -0.25) is 4.79 Å². The molecule has 10 nitrogen and oxygen atoms in total. The van der Waals surface area contributed by atoms with E-state index in [2.05, 4.69) is 83.9 Å². The maximum atomic E-state index is 13.1. The van der Waals surface area contributed by atoms with Gasteiger partial charge in [0, 0.05) is 12.1 Å². The Hall–Kier alpha value is -4.70. The van der Waals surface area contributed by atoms with Crippen molar-refractivity contribution >= 4 is 33.9 Å². The second-order valence-corrected chi connectivity index (χ2v) is 12.2. The number of aromatic nitrogens is 4. The summed E-state index contributed by atoms with van der Waals surface area (Å²) in [4.78, 5) is 42.8. The Morgan fingerprint density at radius 3 is 2.38 bits per heavy atom. The second kappa shape index (κ2) is 12.4. The lowest BCUT2D eigenvalue weighted by Crippen LogP contribution is -2.46. The SMILES string of the molecule is COC(=O)NC(C)C(=O)N1CCC[C@H]1c1ncc(-c2ccc3cc(C4=CC=C(c5cnc([C@@H]6CCCN6)[nH]5)CC4)ccc3c2)[nH]1. The number of hydrogen-bond acceptors (Lipinski definition) is 6. The predicted octanol–water partition coefficient (Wildman–Crippen LogP) is 6.05. The van der Waals surface area contributed by atoms with E-state index in [1.54, 1.807) is 11.8 Å². The number of imidazole rings is 2. The Morgan fingerprint density at radius 1 is 0.911 bits per heavy atom. The van der Waals surface area contributed by atoms with Gasteiger partial charge in [-0.2, -0.15) is 0 Å². The Balaban J connectivity index is 1.05. The van der Waals surface area contributed by atoms with Crippen LogP contribution in [0.5, 0.6) is 0 Å². The zero-order valence-corrected chi connectivity index (χ0v) is 25.7. The number of amides is 2. The molecule has 0 saturated carbocycles. The van der Waals surface area contributed by atoms with Gasteiger partial charge in [-0.1, -0.05) is 36.4 Å². The molecule has 4 aromatic rings. The van der Waals surface area contributed by atoms with Gasteiger partial charge in [-0.25, -0.2) is 14.8 Å². The number of methoxy groups -OCH3 is 1. The number of nitrogens with zero attached hydrogens (tertiary/aromatic N) is 3. The molecular weight excluding hydrogens is 566 g/mol. The van der Waals surface area contributed by atoms with Gasteiger partial charge in [0.1, 0.15) is 17.7 Å². The third kappa shape index (κ3) is 5.90. The lowest BCUT2D eigenvalue weighted by Gasteiger charge is -2.26. The molecule has 0 bridgehead atoms. The molecule has 1 aliphatic carbocycles. The van der Waals surface area contributed by atoms with Gasteiger partial charge in [0.15, 0.2) is 0 Å². The number of allylic oxidation sites excluding steroid dienone is 4. The van der Waals surface area contributed by atoms with Crippen molar-refractivity contribution in [3.63, 3.8) is 0 Å². The zero-order chi connectivity index (χ0) is 30.9. The van der Waals surface area contributed by atoms with Crippen molar-refractivity contribution in [3.05, 3.63) is 83.9 Å². The van der Waals surface area contributed by atoms with Crippen molar-refractivity contribution in [3.8, 4) is 11.3 Å². The summed E-state index contributed by atoms with van der Waals surface area (Å²) in [5, 5.41) is 8.44. The maximum Gasteiger partial charge on any atom is 0.407 e. The van der Waals surface area contributed by atoms with E-state index in [4.69, 9.17) is 0 Å². The summed E-state index contributed by atoms with van der Waals surface area (Å²) >= 11 is 0. The maximum absolute atomic E-state index is 13.1. The molecule has 7 rings (SSSR count). The van der Waals surface area contributed by atoms with Crippen LogP contribution in [0, 0.1) is 0 Å². The first-order chi connectivity index (χ1) is 22.0. The number of rotatable bonds is 7. The first-order valence-corrected chi connectivity index (χ1v) is 15.9. The molecule has 0 radical (unpaired) electrons. The molecule has 45 heavy (non-hydrogen) atoms. The molecule has 3 aliphatic rings. The highest BCUT2D eigenvalue weighted by Gasteiger charge is 2.34. The standard InChI is InChI=1S/C35H39N7O3/c1-21(39-35(44)45-2)34(43)42-16-4-6-31(42)33-38-20-30(41-33)27-14-13-25-17-24(11-12-26(25)18-27)22-7-9-23(10-8-22)29-19-37-32(40-29)28-5-3-15-36-28/h7,9,11-14,17-21,28,31,36H,3-6,8,10,15-16H2,1-2H3,(H,37,40)(H,38,41)(H,39,44)/t21?,28-,31-/m0/s1. The van der Waals surface area contributed by atoms with Crippen LogP contribution in [0.15, 0.2) is 60.9 Å². The number of H-pyrrole nitrogens is 2. The van der Waals surface area contributed by atoms with Gasteiger partial charge in [0.2, 0.25) is 5.91 Å². The average molecular weight is 606 g/mol. The van der Waals surface area contributed by atoms with E-state index in [1.807, 2.05) is 12.4 Å². The van der Waals surface area contributed by atoms with Crippen LogP contribution in [0.3, 0.4) is 0 Å². The van der Waals surface area contributed by atoms with E-state index < -0.39 is 12.1 Å². The molecule has 232 valence electrons. The summed E-state index contributed by atoms with van der Waals surface area (Å²) in [6.07, 6.45) is 13.7. The molecule has 4 N–H and O–H groups in total. The number of carbonyl (C=O) groups is 2. The second-order valence-electron chi connectivity index (χ2n) is 12.2. The molecule has 2 fully saturated rings. The number of fused-ring (bicyclic) bond motifs is 1. The average Bonchev–Trinajstić information content (AvgIpc) is 3.90. The fourth-order valence-electron chi connectivity index (χ4n) is 6.82. The summed E-state index contributed by atoms with van der Waals surface area (Å²) in [6.45, 7) is 3.36. The van der Waals surface area contributed by atoms with Crippen LogP contribution in [0.1, 0.15) is 80.4 Å². The molecule has 0 spiro atoms. The van der Waals surface area contributed by atoms with E-state index >= 15 is 0 Å². The minimum Gasteiger partial charge on any atom is -0.453 e. The molecule has 2 aromatic heterocycles. The largest absolute Gasteiger partial charge is 0.453 e. The van der Waals surface area contributed by atoms with Crippen LogP contribution >= 0.6 is 0 Å². The molecule has 1 unspecified atom stereocenters. The minimum atomic E-state index is -0.677. The van der Waals surface area contributed by atoms with E-state index in [-0.39, 0.29) is 11.9 Å². The van der Waals surface area contributed by atoms with Crippen LogP contribution in [0.4, 0.5) is 4.79 Å². The third-order valence-electron chi connectivity index (χ3n) is 9.34. The molecule has 2 aliphatic heterocycles. The van der Waals surface area contributed by atoms with Crippen LogP contribution in [-0.4, -0.2) is 63.1 Å². The van der Waals surface area contributed by atoms with Gasteiger partial charge in [-0.15, -0.1) is 0 Å². The van der Waals surface area contributed by atoms with Crippen molar-refractivity contribution in [1.82, 2.24) is 35.5 Å². The quantitative estimate of drug-likeness (QED) is 0.203. The van der Waals surface area contributed by atoms with Crippen molar-refractivity contribution in [2.24, 2.45) is 0 Å². The smallest absolute Gasteiger partial charge is 0.407 e. The molecule has 2 saturated heterocycles.